The van der Waals surface area contributed by atoms with Gasteiger partial charge in [-0.15, -0.1) is 11.3 Å². The molecule has 1 aliphatic rings. The number of H-pyrrole nitrogens is 1. The molecule has 146 valence electrons. The van der Waals surface area contributed by atoms with Crippen molar-refractivity contribution in [2.24, 2.45) is 0 Å². The van der Waals surface area contributed by atoms with Crippen LogP contribution in [0.5, 0.6) is 5.75 Å². The van der Waals surface area contributed by atoms with E-state index in [2.05, 4.69) is 53.0 Å². The highest BCUT2D eigenvalue weighted by atomic mass is 32.1. The Morgan fingerprint density at radius 3 is 2.71 bits per heavy atom. The van der Waals surface area contributed by atoms with Gasteiger partial charge < -0.3 is 9.72 Å². The van der Waals surface area contributed by atoms with Gasteiger partial charge in [0.2, 0.25) is 0 Å². The Balaban J connectivity index is 1.47. The summed E-state index contributed by atoms with van der Waals surface area (Å²) in [4.78, 5) is 25.0. The van der Waals surface area contributed by atoms with Crippen LogP contribution in [-0.2, 0) is 19.5 Å². The molecule has 4 rings (SSSR count). The molecule has 1 aromatic carbocycles. The highest BCUT2D eigenvalue weighted by Gasteiger charge is 2.22. The molecule has 0 aliphatic carbocycles. The fourth-order valence-corrected chi connectivity index (χ4v) is 4.56. The molecule has 0 atom stereocenters. The Labute approximate surface area is 169 Å². The smallest absolute Gasteiger partial charge is 0.255 e. The van der Waals surface area contributed by atoms with Crippen molar-refractivity contribution >= 4 is 11.3 Å². The molecule has 0 radical (unpaired) electrons. The van der Waals surface area contributed by atoms with Crippen LogP contribution in [0.2, 0.25) is 0 Å². The third-order valence-electron chi connectivity index (χ3n) is 5.13. The second-order valence-corrected chi connectivity index (χ2v) is 8.65. The van der Waals surface area contributed by atoms with E-state index in [0.717, 1.165) is 42.3 Å². The summed E-state index contributed by atoms with van der Waals surface area (Å²) >= 11 is 1.80. The fraction of sp³-hybridized carbons (Fsp3) is 0.364. The van der Waals surface area contributed by atoms with Crippen LogP contribution < -0.4 is 10.3 Å². The van der Waals surface area contributed by atoms with Crippen LogP contribution in [0.4, 0.5) is 0 Å². The fourth-order valence-electron chi connectivity index (χ4n) is 3.50. The van der Waals surface area contributed by atoms with Crippen molar-refractivity contribution < 1.29 is 4.74 Å². The summed E-state index contributed by atoms with van der Waals surface area (Å²) in [5.41, 5.74) is 3.00. The first-order valence-corrected chi connectivity index (χ1v) is 10.4. The first kappa shape index (κ1) is 18.9. The van der Waals surface area contributed by atoms with Crippen LogP contribution in [0.25, 0.3) is 10.4 Å². The predicted octanol–water partition coefficient (Wildman–Crippen LogP) is 4.19. The zero-order valence-electron chi connectivity index (χ0n) is 16.5. The van der Waals surface area contributed by atoms with E-state index in [4.69, 9.17) is 4.74 Å². The van der Waals surface area contributed by atoms with Crippen molar-refractivity contribution in [3.63, 3.8) is 0 Å². The molecule has 28 heavy (non-hydrogen) atoms. The predicted molar refractivity (Wildman–Crippen MR) is 113 cm³/mol. The summed E-state index contributed by atoms with van der Waals surface area (Å²) in [7, 11) is 1.68. The van der Waals surface area contributed by atoms with Crippen molar-refractivity contribution in [1.29, 1.82) is 0 Å². The summed E-state index contributed by atoms with van der Waals surface area (Å²) in [6.45, 7) is 6.54. The van der Waals surface area contributed by atoms with E-state index in [1.807, 2.05) is 12.1 Å². The van der Waals surface area contributed by atoms with Crippen LogP contribution in [0, 0.1) is 0 Å². The molecule has 0 bridgehead atoms. The number of hydrogen-bond donors (Lipinski definition) is 1. The lowest BCUT2D eigenvalue weighted by atomic mass is 10.1. The monoisotopic (exact) mass is 395 g/mol. The Bertz CT molecular complexity index is 1020. The lowest BCUT2D eigenvalue weighted by Gasteiger charge is -2.27. The normalized spacial score (nSPS) is 14.3. The highest BCUT2D eigenvalue weighted by molar-refractivity contribution is 7.15. The molecule has 0 spiro atoms. The Kier molecular flexibility index (Phi) is 5.33. The molecule has 0 amide bonds. The third-order valence-corrected chi connectivity index (χ3v) is 6.25. The molecule has 1 N–H and O–H groups in total. The zero-order chi connectivity index (χ0) is 19.7. The van der Waals surface area contributed by atoms with Gasteiger partial charge in [0.15, 0.2) is 0 Å². The van der Waals surface area contributed by atoms with Crippen molar-refractivity contribution in [2.75, 3.05) is 13.7 Å². The molecule has 0 saturated carbocycles. The molecule has 5 nitrogen and oxygen atoms in total. The van der Waals surface area contributed by atoms with E-state index in [1.54, 1.807) is 18.4 Å². The summed E-state index contributed by atoms with van der Waals surface area (Å²) < 4.78 is 5.23. The standard InChI is InChI=1S/C22H25N3O2S/c1-14(2)21-23-19-10-11-25(13-18(19)22(26)24-21)12-17-8-9-20(28-17)15-4-6-16(27-3)7-5-15/h4-9,14H,10-13H2,1-3H3,(H,23,24,26). The number of ether oxygens (including phenoxy) is 1. The zero-order valence-corrected chi connectivity index (χ0v) is 17.3. The molecule has 6 heteroatoms. The van der Waals surface area contributed by atoms with E-state index >= 15 is 0 Å². The third kappa shape index (κ3) is 3.88. The van der Waals surface area contributed by atoms with Gasteiger partial charge in [-0.2, -0.15) is 0 Å². The molecule has 0 saturated heterocycles. The number of benzene rings is 1. The number of rotatable bonds is 5. The van der Waals surface area contributed by atoms with Gasteiger partial charge in [0, 0.05) is 41.7 Å². The minimum absolute atomic E-state index is 0.0171. The topological polar surface area (TPSA) is 58.2 Å². The van der Waals surface area contributed by atoms with E-state index < -0.39 is 0 Å². The molecule has 3 aromatic rings. The lowest BCUT2D eigenvalue weighted by molar-refractivity contribution is 0.243. The van der Waals surface area contributed by atoms with E-state index in [-0.39, 0.29) is 11.5 Å². The maximum Gasteiger partial charge on any atom is 0.255 e. The number of hydrogen-bond acceptors (Lipinski definition) is 5. The van der Waals surface area contributed by atoms with Gasteiger partial charge in [0.1, 0.15) is 11.6 Å². The van der Waals surface area contributed by atoms with Crippen LogP contribution in [-0.4, -0.2) is 28.5 Å². The van der Waals surface area contributed by atoms with Crippen LogP contribution in [0.3, 0.4) is 0 Å². The Morgan fingerprint density at radius 2 is 2.00 bits per heavy atom. The largest absolute Gasteiger partial charge is 0.497 e. The quantitative estimate of drug-likeness (QED) is 0.704. The maximum atomic E-state index is 12.5. The molecule has 2 aromatic heterocycles. The minimum Gasteiger partial charge on any atom is -0.497 e. The van der Waals surface area contributed by atoms with Gasteiger partial charge in [0.05, 0.1) is 18.4 Å². The summed E-state index contributed by atoms with van der Waals surface area (Å²) in [6, 6.07) is 12.5. The number of nitrogens with zero attached hydrogens (tertiary/aromatic N) is 2. The minimum atomic E-state index is 0.0171. The van der Waals surface area contributed by atoms with Gasteiger partial charge in [0.25, 0.3) is 5.56 Å². The van der Waals surface area contributed by atoms with Crippen molar-refractivity contribution in [3.05, 3.63) is 68.7 Å². The van der Waals surface area contributed by atoms with Crippen LogP contribution >= 0.6 is 11.3 Å². The first-order valence-electron chi connectivity index (χ1n) is 9.61. The number of nitrogens with one attached hydrogen (secondary N) is 1. The van der Waals surface area contributed by atoms with E-state index in [1.165, 1.54) is 15.3 Å². The van der Waals surface area contributed by atoms with E-state index in [0.29, 0.717) is 6.54 Å². The van der Waals surface area contributed by atoms with Crippen LogP contribution in [0.15, 0.2) is 41.2 Å². The van der Waals surface area contributed by atoms with Gasteiger partial charge >= 0.3 is 0 Å². The van der Waals surface area contributed by atoms with E-state index in [9.17, 15) is 4.79 Å². The Morgan fingerprint density at radius 1 is 1.21 bits per heavy atom. The number of fused-ring (bicyclic) bond motifs is 1. The average molecular weight is 396 g/mol. The lowest BCUT2D eigenvalue weighted by Crippen LogP contribution is -2.35. The second kappa shape index (κ2) is 7.89. The summed E-state index contributed by atoms with van der Waals surface area (Å²) in [5, 5.41) is 0. The number of aromatic amines is 1. The average Bonchev–Trinajstić information content (AvgIpc) is 3.16. The first-order chi connectivity index (χ1) is 13.5. The number of aromatic nitrogens is 2. The second-order valence-electron chi connectivity index (χ2n) is 7.49. The van der Waals surface area contributed by atoms with Gasteiger partial charge in [-0.3, -0.25) is 9.69 Å². The number of methoxy groups -OCH3 is 1. The molecular formula is C22H25N3O2S. The molecule has 1 aliphatic heterocycles. The van der Waals surface area contributed by atoms with Crippen molar-refractivity contribution in [3.8, 4) is 16.2 Å². The van der Waals surface area contributed by atoms with Gasteiger partial charge in [-0.1, -0.05) is 13.8 Å². The highest BCUT2D eigenvalue weighted by Crippen LogP contribution is 2.30. The summed E-state index contributed by atoms with van der Waals surface area (Å²) in [5.74, 6) is 1.89. The molecule has 0 unspecified atom stereocenters. The van der Waals surface area contributed by atoms with Gasteiger partial charge in [-0.05, 0) is 42.0 Å². The van der Waals surface area contributed by atoms with Crippen molar-refractivity contribution in [1.82, 2.24) is 14.9 Å². The SMILES string of the molecule is COc1ccc(-c2ccc(CN3CCc4nc(C(C)C)[nH]c(=O)c4C3)s2)cc1. The van der Waals surface area contributed by atoms with Crippen LogP contribution in [0.1, 0.15) is 41.7 Å². The molecule has 0 fully saturated rings. The molecule has 3 heterocycles. The number of thiophene rings is 1. The maximum absolute atomic E-state index is 12.5. The van der Waals surface area contributed by atoms with Gasteiger partial charge in [-0.25, -0.2) is 4.98 Å². The summed E-state index contributed by atoms with van der Waals surface area (Å²) in [6.07, 6.45) is 0.829. The van der Waals surface area contributed by atoms with Crippen molar-refractivity contribution in [2.45, 2.75) is 39.3 Å². The molecular weight excluding hydrogens is 370 g/mol. The Hall–Kier alpha value is -2.44.